The van der Waals surface area contributed by atoms with Gasteiger partial charge in [-0.3, -0.25) is 0 Å². The lowest BCUT2D eigenvalue weighted by molar-refractivity contribution is -0.274. The maximum Gasteiger partial charge on any atom is 0.573 e. The maximum absolute atomic E-state index is 12.2. The summed E-state index contributed by atoms with van der Waals surface area (Å²) in [7, 11) is 0. The standard InChI is InChI=1S/C17H16F3NO3/c1-11-6-7-14(9-16(11)22)12(2)21-23-10-13-4-3-5-15(8-13)24-17(18,19)20/h3-9,22H,10H2,1-2H3/b21-12+. The second-order valence-electron chi connectivity index (χ2n) is 5.15. The first kappa shape index (κ1) is 17.7. The smallest absolute Gasteiger partial charge is 0.508 e. The highest BCUT2D eigenvalue weighted by atomic mass is 19.4. The zero-order valence-corrected chi connectivity index (χ0v) is 13.1. The molecule has 2 aromatic rings. The summed E-state index contributed by atoms with van der Waals surface area (Å²) in [6.07, 6.45) is -4.73. The molecule has 1 N–H and O–H groups in total. The number of phenolic OH excluding ortho intramolecular Hbond substituents is 1. The van der Waals surface area contributed by atoms with Crippen molar-refractivity contribution in [1.82, 2.24) is 0 Å². The van der Waals surface area contributed by atoms with Crippen molar-refractivity contribution in [2.75, 3.05) is 0 Å². The van der Waals surface area contributed by atoms with Crippen molar-refractivity contribution in [3.63, 3.8) is 0 Å². The third-order valence-electron chi connectivity index (χ3n) is 3.19. The van der Waals surface area contributed by atoms with Crippen LogP contribution in [0.3, 0.4) is 0 Å². The molecule has 0 saturated heterocycles. The van der Waals surface area contributed by atoms with Crippen molar-refractivity contribution < 1.29 is 27.9 Å². The van der Waals surface area contributed by atoms with Gasteiger partial charge in [0.25, 0.3) is 0 Å². The molecule has 24 heavy (non-hydrogen) atoms. The Hall–Kier alpha value is -2.70. The average molecular weight is 339 g/mol. The number of hydrogen-bond donors (Lipinski definition) is 1. The topological polar surface area (TPSA) is 51.0 Å². The monoisotopic (exact) mass is 339 g/mol. The van der Waals surface area contributed by atoms with Crippen molar-refractivity contribution >= 4 is 5.71 Å². The quantitative estimate of drug-likeness (QED) is 0.643. The molecule has 0 aliphatic rings. The third kappa shape index (κ3) is 5.19. The molecule has 0 aliphatic carbocycles. The van der Waals surface area contributed by atoms with E-state index in [9.17, 15) is 18.3 Å². The Morgan fingerprint density at radius 1 is 1.17 bits per heavy atom. The first-order valence-electron chi connectivity index (χ1n) is 7.06. The van der Waals surface area contributed by atoms with Crippen LogP contribution in [0.4, 0.5) is 13.2 Å². The third-order valence-corrected chi connectivity index (χ3v) is 3.19. The molecule has 0 aromatic heterocycles. The average Bonchev–Trinajstić information content (AvgIpc) is 2.48. The highest BCUT2D eigenvalue weighted by molar-refractivity contribution is 5.98. The highest BCUT2D eigenvalue weighted by Crippen LogP contribution is 2.23. The molecule has 0 atom stereocenters. The summed E-state index contributed by atoms with van der Waals surface area (Å²) < 4.78 is 40.4. The molecular weight excluding hydrogens is 323 g/mol. The van der Waals surface area contributed by atoms with Crippen LogP contribution in [-0.2, 0) is 11.4 Å². The van der Waals surface area contributed by atoms with E-state index in [4.69, 9.17) is 4.84 Å². The molecular formula is C17H16F3NO3. The minimum atomic E-state index is -4.73. The summed E-state index contributed by atoms with van der Waals surface area (Å²) in [6.45, 7) is 3.47. The maximum atomic E-state index is 12.2. The molecule has 0 fully saturated rings. The van der Waals surface area contributed by atoms with E-state index in [1.165, 1.54) is 18.2 Å². The van der Waals surface area contributed by atoms with Gasteiger partial charge >= 0.3 is 6.36 Å². The molecule has 128 valence electrons. The normalized spacial score (nSPS) is 12.1. The van der Waals surface area contributed by atoms with E-state index < -0.39 is 6.36 Å². The number of nitrogens with zero attached hydrogens (tertiary/aromatic N) is 1. The number of alkyl halides is 3. The van der Waals surface area contributed by atoms with Crippen LogP contribution in [0.5, 0.6) is 11.5 Å². The molecule has 4 nitrogen and oxygen atoms in total. The van der Waals surface area contributed by atoms with Crippen LogP contribution in [0, 0.1) is 6.92 Å². The molecule has 0 bridgehead atoms. The van der Waals surface area contributed by atoms with Crippen molar-refractivity contribution in [1.29, 1.82) is 0 Å². The predicted octanol–water partition coefficient (Wildman–Crippen LogP) is 4.54. The molecule has 2 aromatic carbocycles. The van der Waals surface area contributed by atoms with Crippen LogP contribution >= 0.6 is 0 Å². The molecule has 2 rings (SSSR count). The van der Waals surface area contributed by atoms with E-state index in [0.29, 0.717) is 16.8 Å². The van der Waals surface area contributed by atoms with Gasteiger partial charge in [-0.15, -0.1) is 13.2 Å². The number of oxime groups is 1. The minimum absolute atomic E-state index is 0.00968. The highest BCUT2D eigenvalue weighted by Gasteiger charge is 2.31. The summed E-state index contributed by atoms with van der Waals surface area (Å²) in [5, 5.41) is 13.6. The molecule has 0 saturated carbocycles. The van der Waals surface area contributed by atoms with Crippen LogP contribution < -0.4 is 4.74 Å². The number of hydrogen-bond acceptors (Lipinski definition) is 4. The van der Waals surface area contributed by atoms with Crippen LogP contribution in [0.2, 0.25) is 0 Å². The van der Waals surface area contributed by atoms with Gasteiger partial charge in [0.1, 0.15) is 18.1 Å². The van der Waals surface area contributed by atoms with E-state index in [2.05, 4.69) is 9.89 Å². The van der Waals surface area contributed by atoms with Crippen LogP contribution in [0.15, 0.2) is 47.6 Å². The number of aromatic hydroxyl groups is 1. The fourth-order valence-electron chi connectivity index (χ4n) is 1.92. The van der Waals surface area contributed by atoms with Crippen molar-refractivity contribution in [2.45, 2.75) is 26.8 Å². The molecule has 0 radical (unpaired) electrons. The number of rotatable bonds is 5. The van der Waals surface area contributed by atoms with E-state index in [0.717, 1.165) is 5.56 Å². The van der Waals surface area contributed by atoms with E-state index in [1.807, 2.05) is 0 Å². The van der Waals surface area contributed by atoms with Gasteiger partial charge in [-0.25, -0.2) is 0 Å². The molecule has 7 heteroatoms. The number of aryl methyl sites for hydroxylation is 1. The Morgan fingerprint density at radius 3 is 2.58 bits per heavy atom. The molecule has 0 heterocycles. The SMILES string of the molecule is C/C(=N\OCc1cccc(OC(F)(F)F)c1)c1ccc(C)c(O)c1. The van der Waals surface area contributed by atoms with Crippen LogP contribution in [0.25, 0.3) is 0 Å². The Balaban J connectivity index is 2.00. The summed E-state index contributed by atoms with van der Waals surface area (Å²) in [6, 6.07) is 10.6. The van der Waals surface area contributed by atoms with Crippen LogP contribution in [0.1, 0.15) is 23.6 Å². The summed E-state index contributed by atoms with van der Waals surface area (Å²) in [5.41, 5.74) is 2.45. The number of phenols is 1. The zero-order valence-electron chi connectivity index (χ0n) is 13.1. The van der Waals surface area contributed by atoms with Gasteiger partial charge in [-0.1, -0.05) is 29.4 Å². The van der Waals surface area contributed by atoms with Crippen molar-refractivity contribution in [2.24, 2.45) is 5.16 Å². The Kier molecular flexibility index (Phi) is 5.33. The summed E-state index contributed by atoms with van der Waals surface area (Å²) in [5.74, 6) is -0.160. The van der Waals surface area contributed by atoms with Gasteiger partial charge in [0.05, 0.1) is 5.71 Å². The minimum Gasteiger partial charge on any atom is -0.508 e. The fourth-order valence-corrected chi connectivity index (χ4v) is 1.92. The van der Waals surface area contributed by atoms with Crippen LogP contribution in [-0.4, -0.2) is 17.2 Å². The number of ether oxygens (including phenoxy) is 1. The number of halogens is 3. The van der Waals surface area contributed by atoms with Gasteiger partial charge < -0.3 is 14.7 Å². The first-order chi connectivity index (χ1) is 11.2. The second-order valence-corrected chi connectivity index (χ2v) is 5.15. The molecule has 0 unspecified atom stereocenters. The molecule has 0 spiro atoms. The van der Waals surface area contributed by atoms with E-state index in [1.54, 1.807) is 38.1 Å². The lowest BCUT2D eigenvalue weighted by Crippen LogP contribution is -2.17. The summed E-state index contributed by atoms with van der Waals surface area (Å²) in [4.78, 5) is 5.16. The van der Waals surface area contributed by atoms with Gasteiger partial charge in [-0.2, -0.15) is 0 Å². The largest absolute Gasteiger partial charge is 0.573 e. The van der Waals surface area contributed by atoms with Gasteiger partial charge in [0.2, 0.25) is 0 Å². The van der Waals surface area contributed by atoms with Gasteiger partial charge in [0.15, 0.2) is 0 Å². The lowest BCUT2D eigenvalue weighted by Gasteiger charge is -2.09. The van der Waals surface area contributed by atoms with Gasteiger partial charge in [0, 0.05) is 5.56 Å². The molecule has 0 aliphatic heterocycles. The summed E-state index contributed by atoms with van der Waals surface area (Å²) >= 11 is 0. The zero-order chi connectivity index (χ0) is 17.7. The van der Waals surface area contributed by atoms with E-state index in [-0.39, 0.29) is 18.1 Å². The Morgan fingerprint density at radius 2 is 1.92 bits per heavy atom. The van der Waals surface area contributed by atoms with Crippen molar-refractivity contribution in [3.05, 3.63) is 59.2 Å². The van der Waals surface area contributed by atoms with Gasteiger partial charge in [-0.05, 0) is 43.2 Å². The van der Waals surface area contributed by atoms with E-state index >= 15 is 0 Å². The predicted molar refractivity (Wildman–Crippen MR) is 83.0 cm³/mol. The Labute approximate surface area is 137 Å². The lowest BCUT2D eigenvalue weighted by atomic mass is 10.1. The molecule has 0 amide bonds. The second kappa shape index (κ2) is 7.25. The number of benzene rings is 2. The first-order valence-corrected chi connectivity index (χ1v) is 7.06. The fraction of sp³-hybridized carbons (Fsp3) is 0.235. The Bertz CT molecular complexity index is 742. The van der Waals surface area contributed by atoms with Crippen molar-refractivity contribution in [3.8, 4) is 11.5 Å².